The zero-order valence-corrected chi connectivity index (χ0v) is 14.8. The summed E-state index contributed by atoms with van der Waals surface area (Å²) in [6.45, 7) is 0. The van der Waals surface area contributed by atoms with Crippen molar-refractivity contribution in [3.05, 3.63) is 43.0 Å². The van der Waals surface area contributed by atoms with E-state index in [1.807, 2.05) is 25.4 Å². The molecule has 3 aromatic heterocycles. The van der Waals surface area contributed by atoms with E-state index < -0.39 is 0 Å². The summed E-state index contributed by atoms with van der Waals surface area (Å²) in [5.41, 5.74) is 3.52. The summed E-state index contributed by atoms with van der Waals surface area (Å²) >= 11 is 0. The van der Waals surface area contributed by atoms with Crippen LogP contribution in [0.25, 0.3) is 22.2 Å². The first-order chi connectivity index (χ1) is 13.6. The number of nitriles is 1. The van der Waals surface area contributed by atoms with Crippen molar-refractivity contribution in [1.82, 2.24) is 29.9 Å². The van der Waals surface area contributed by atoms with Crippen LogP contribution < -0.4 is 10.6 Å². The Morgan fingerprint density at radius 1 is 1.32 bits per heavy atom. The number of aromatic amines is 1. The molecule has 4 aromatic rings. The average Bonchev–Trinajstić information content (AvgIpc) is 3.32. The maximum atomic E-state index is 11.7. The van der Waals surface area contributed by atoms with Gasteiger partial charge in [0.25, 0.3) is 0 Å². The predicted molar refractivity (Wildman–Crippen MR) is 102 cm³/mol. The minimum absolute atomic E-state index is 0.216. The maximum Gasteiger partial charge on any atom is 0.238 e. The number of benzene rings is 1. The summed E-state index contributed by atoms with van der Waals surface area (Å²) in [5, 5.41) is 26.3. The van der Waals surface area contributed by atoms with Gasteiger partial charge in [-0.25, -0.2) is 9.97 Å². The Hall–Kier alpha value is -4.26. The lowest BCUT2D eigenvalue weighted by atomic mass is 10.1. The Labute approximate surface area is 159 Å². The molecule has 0 aliphatic heterocycles. The van der Waals surface area contributed by atoms with E-state index in [-0.39, 0.29) is 12.3 Å². The lowest BCUT2D eigenvalue weighted by Gasteiger charge is -2.09. The van der Waals surface area contributed by atoms with Gasteiger partial charge in [0.15, 0.2) is 0 Å². The Morgan fingerprint density at radius 2 is 2.21 bits per heavy atom. The van der Waals surface area contributed by atoms with Gasteiger partial charge in [-0.05, 0) is 18.2 Å². The van der Waals surface area contributed by atoms with Gasteiger partial charge in [-0.1, -0.05) is 0 Å². The van der Waals surface area contributed by atoms with Gasteiger partial charge in [0.2, 0.25) is 11.9 Å². The van der Waals surface area contributed by atoms with Crippen molar-refractivity contribution in [1.29, 1.82) is 5.26 Å². The van der Waals surface area contributed by atoms with Crippen molar-refractivity contribution in [2.75, 3.05) is 10.6 Å². The maximum absolute atomic E-state index is 11.7. The van der Waals surface area contributed by atoms with Crippen molar-refractivity contribution in [3.8, 4) is 17.3 Å². The van der Waals surface area contributed by atoms with Gasteiger partial charge in [0.05, 0.1) is 41.0 Å². The van der Waals surface area contributed by atoms with Gasteiger partial charge in [-0.2, -0.15) is 15.5 Å². The number of carbonyl (C=O) groups is 1. The summed E-state index contributed by atoms with van der Waals surface area (Å²) in [6, 6.07) is 7.22. The number of amides is 1. The van der Waals surface area contributed by atoms with Crippen LogP contribution in [0.2, 0.25) is 0 Å². The zero-order valence-electron chi connectivity index (χ0n) is 14.8. The van der Waals surface area contributed by atoms with Crippen molar-refractivity contribution in [2.45, 2.75) is 6.42 Å². The topological polar surface area (TPSA) is 137 Å². The number of hydrogen-bond donors (Lipinski definition) is 3. The predicted octanol–water partition coefficient (Wildman–Crippen LogP) is 2.35. The zero-order chi connectivity index (χ0) is 19.5. The number of aryl methyl sites for hydroxylation is 1. The lowest BCUT2D eigenvalue weighted by Crippen LogP contribution is -2.10. The molecular formula is C18H15N9O. The molecule has 3 heterocycles. The highest BCUT2D eigenvalue weighted by molar-refractivity contribution is 6.05. The van der Waals surface area contributed by atoms with Gasteiger partial charge in [0.1, 0.15) is 6.42 Å². The molecule has 1 aromatic carbocycles. The molecule has 0 fully saturated rings. The first-order valence-electron chi connectivity index (χ1n) is 8.36. The number of hydrogen-bond acceptors (Lipinski definition) is 7. The fourth-order valence-electron chi connectivity index (χ4n) is 2.81. The lowest BCUT2D eigenvalue weighted by molar-refractivity contribution is -0.115. The number of fused-ring (bicyclic) bond motifs is 1. The van der Waals surface area contributed by atoms with Crippen LogP contribution in [0, 0.1) is 11.3 Å². The molecule has 0 saturated carbocycles. The molecule has 0 spiro atoms. The van der Waals surface area contributed by atoms with E-state index in [2.05, 4.69) is 35.9 Å². The number of carbonyl (C=O) groups excluding carboxylic acids is 1. The highest BCUT2D eigenvalue weighted by atomic mass is 16.1. The van der Waals surface area contributed by atoms with E-state index in [4.69, 9.17) is 5.26 Å². The summed E-state index contributed by atoms with van der Waals surface area (Å²) in [4.78, 5) is 20.6. The fraction of sp³-hybridized carbons (Fsp3) is 0.111. The Balaban J connectivity index is 1.68. The van der Waals surface area contributed by atoms with Crippen LogP contribution in [-0.4, -0.2) is 35.9 Å². The molecule has 0 radical (unpaired) electrons. The van der Waals surface area contributed by atoms with Crippen LogP contribution in [-0.2, 0) is 11.8 Å². The number of nitrogens with zero attached hydrogens (tertiary/aromatic N) is 6. The molecule has 138 valence electrons. The van der Waals surface area contributed by atoms with E-state index >= 15 is 0 Å². The van der Waals surface area contributed by atoms with Crippen LogP contribution in [0.5, 0.6) is 0 Å². The number of anilines is 3. The molecule has 28 heavy (non-hydrogen) atoms. The van der Waals surface area contributed by atoms with Gasteiger partial charge < -0.3 is 10.6 Å². The van der Waals surface area contributed by atoms with E-state index in [1.165, 1.54) is 0 Å². The number of rotatable bonds is 5. The SMILES string of the molecule is Cn1cc(Nc2nccc(-c3ccc(NC(=O)CC#N)c4[nH]ncc34)n2)cn1. The summed E-state index contributed by atoms with van der Waals surface area (Å²) < 4.78 is 1.68. The van der Waals surface area contributed by atoms with Crippen molar-refractivity contribution in [3.63, 3.8) is 0 Å². The van der Waals surface area contributed by atoms with Gasteiger partial charge in [-0.15, -0.1) is 0 Å². The minimum Gasteiger partial charge on any atom is -0.323 e. The van der Waals surface area contributed by atoms with Gasteiger partial charge >= 0.3 is 0 Å². The van der Waals surface area contributed by atoms with Crippen molar-refractivity contribution in [2.24, 2.45) is 7.05 Å². The molecule has 1 amide bonds. The third kappa shape index (κ3) is 3.36. The number of nitrogens with one attached hydrogen (secondary N) is 3. The Bertz CT molecular complexity index is 1200. The first-order valence-corrected chi connectivity index (χ1v) is 8.36. The molecule has 3 N–H and O–H groups in total. The van der Waals surface area contributed by atoms with Crippen molar-refractivity contribution < 1.29 is 4.79 Å². The molecule has 0 aliphatic rings. The van der Waals surface area contributed by atoms with Crippen LogP contribution in [0.4, 0.5) is 17.3 Å². The standard InChI is InChI=1S/C18H15N9O/c1-27-10-11(8-22-27)23-18-20-7-5-14(25-18)12-2-3-15(24-16(28)4-6-19)17-13(12)9-21-26-17/h2-3,5,7-10H,4H2,1H3,(H,21,26)(H,24,28)(H,20,23,25). The quantitative estimate of drug-likeness (QED) is 0.488. The number of aromatic nitrogens is 6. The highest BCUT2D eigenvalue weighted by Crippen LogP contribution is 2.31. The summed E-state index contributed by atoms with van der Waals surface area (Å²) in [7, 11) is 1.83. The molecule has 0 unspecified atom stereocenters. The molecule has 0 atom stereocenters. The summed E-state index contributed by atoms with van der Waals surface area (Å²) in [5.74, 6) is 0.0599. The normalized spacial score (nSPS) is 10.6. The first kappa shape index (κ1) is 17.2. The molecular weight excluding hydrogens is 358 g/mol. The highest BCUT2D eigenvalue weighted by Gasteiger charge is 2.13. The Kier molecular flexibility index (Phi) is 4.39. The van der Waals surface area contributed by atoms with Crippen LogP contribution in [0.3, 0.4) is 0 Å². The third-order valence-corrected chi connectivity index (χ3v) is 4.02. The van der Waals surface area contributed by atoms with E-state index in [0.717, 1.165) is 16.6 Å². The van der Waals surface area contributed by atoms with Crippen LogP contribution in [0.1, 0.15) is 6.42 Å². The van der Waals surface area contributed by atoms with E-state index in [0.29, 0.717) is 22.8 Å². The molecule has 10 heteroatoms. The van der Waals surface area contributed by atoms with Crippen LogP contribution >= 0.6 is 0 Å². The van der Waals surface area contributed by atoms with Crippen molar-refractivity contribution >= 4 is 34.1 Å². The Morgan fingerprint density at radius 3 is 3.00 bits per heavy atom. The van der Waals surface area contributed by atoms with Gasteiger partial charge in [0, 0.05) is 30.4 Å². The molecule has 0 saturated heterocycles. The summed E-state index contributed by atoms with van der Waals surface area (Å²) in [6.07, 6.45) is 6.62. The minimum atomic E-state index is -0.379. The average molecular weight is 373 g/mol. The second-order valence-corrected chi connectivity index (χ2v) is 6.00. The molecule has 0 bridgehead atoms. The van der Waals surface area contributed by atoms with E-state index in [9.17, 15) is 4.79 Å². The second kappa shape index (κ2) is 7.16. The second-order valence-electron chi connectivity index (χ2n) is 6.00. The smallest absolute Gasteiger partial charge is 0.238 e. The van der Waals surface area contributed by atoms with Gasteiger partial charge in [-0.3, -0.25) is 14.6 Å². The largest absolute Gasteiger partial charge is 0.323 e. The molecule has 10 nitrogen and oxygen atoms in total. The molecule has 4 rings (SSSR count). The molecule has 0 aliphatic carbocycles. The third-order valence-electron chi connectivity index (χ3n) is 4.02. The monoisotopic (exact) mass is 373 g/mol. The fourth-order valence-corrected chi connectivity index (χ4v) is 2.81. The van der Waals surface area contributed by atoms with Crippen LogP contribution in [0.15, 0.2) is 43.0 Å². The van der Waals surface area contributed by atoms with E-state index in [1.54, 1.807) is 35.4 Å². The number of H-pyrrole nitrogens is 1.